The molecule has 0 aliphatic heterocycles. The van der Waals surface area contributed by atoms with Crippen molar-refractivity contribution >= 4 is 11.3 Å². The zero-order valence-electron chi connectivity index (χ0n) is 9.96. The molecule has 3 N–H and O–H groups in total. The topological polar surface area (TPSA) is 50.9 Å². The van der Waals surface area contributed by atoms with Gasteiger partial charge in [-0.1, -0.05) is 6.42 Å². The maximum atomic E-state index is 5.82. The number of rotatable bonds is 6. The molecule has 1 aromatic heterocycles. The Labute approximate surface area is 101 Å². The van der Waals surface area contributed by atoms with Gasteiger partial charge in [0.05, 0.1) is 5.01 Å². The fourth-order valence-electron chi connectivity index (χ4n) is 2.20. The summed E-state index contributed by atoms with van der Waals surface area (Å²) in [5.74, 6) is 0. The number of nitrogens with zero attached hydrogens (tertiary/aromatic N) is 1. The molecule has 1 saturated carbocycles. The van der Waals surface area contributed by atoms with E-state index in [1.165, 1.54) is 24.3 Å². The summed E-state index contributed by atoms with van der Waals surface area (Å²) in [7, 11) is 0. The van der Waals surface area contributed by atoms with Crippen molar-refractivity contribution in [2.75, 3.05) is 19.6 Å². The summed E-state index contributed by atoms with van der Waals surface area (Å²) in [6, 6.07) is 0. The second-order valence-electron chi connectivity index (χ2n) is 4.87. The highest BCUT2D eigenvalue weighted by Crippen LogP contribution is 2.38. The molecule has 16 heavy (non-hydrogen) atoms. The molecule has 3 nitrogen and oxygen atoms in total. The summed E-state index contributed by atoms with van der Waals surface area (Å²) in [5.41, 5.74) is 7.37. The van der Waals surface area contributed by atoms with Gasteiger partial charge in [0.1, 0.15) is 0 Å². The Bertz CT molecular complexity index is 325. The fourth-order valence-corrected chi connectivity index (χ4v) is 2.97. The lowest BCUT2D eigenvalue weighted by molar-refractivity contribution is 0.141. The molecule has 0 bridgehead atoms. The summed E-state index contributed by atoms with van der Waals surface area (Å²) in [5, 5.41) is 6.87. The van der Waals surface area contributed by atoms with Gasteiger partial charge in [-0.3, -0.25) is 0 Å². The van der Waals surface area contributed by atoms with Crippen LogP contribution in [0.2, 0.25) is 0 Å². The predicted molar refractivity (Wildman–Crippen MR) is 68.8 cm³/mol. The molecule has 1 aliphatic rings. The zero-order valence-corrected chi connectivity index (χ0v) is 10.8. The number of hydrogen-bond acceptors (Lipinski definition) is 4. The molecular formula is C12H21N3S. The standard InChI is InChI=1S/C12H21N3S/c1-10-7-16-11(15-10)3-6-14-9-12(8-13)4-2-5-12/h7,14H,2-6,8-9,13H2,1H3. The Morgan fingerprint density at radius 1 is 1.56 bits per heavy atom. The molecule has 0 radical (unpaired) electrons. The second kappa shape index (κ2) is 5.25. The molecule has 4 heteroatoms. The molecule has 1 fully saturated rings. The molecule has 0 saturated heterocycles. The molecule has 90 valence electrons. The van der Waals surface area contributed by atoms with Crippen molar-refractivity contribution in [3.8, 4) is 0 Å². The third kappa shape index (κ3) is 2.81. The minimum atomic E-state index is 0.415. The third-order valence-corrected chi connectivity index (χ3v) is 4.56. The van der Waals surface area contributed by atoms with Crippen LogP contribution in [-0.4, -0.2) is 24.6 Å². The SMILES string of the molecule is Cc1csc(CCNCC2(CN)CCC2)n1. The molecule has 0 unspecified atom stereocenters. The number of hydrogen-bond donors (Lipinski definition) is 2. The lowest BCUT2D eigenvalue weighted by Gasteiger charge is -2.41. The van der Waals surface area contributed by atoms with Crippen molar-refractivity contribution in [1.82, 2.24) is 10.3 Å². The van der Waals surface area contributed by atoms with Crippen molar-refractivity contribution in [1.29, 1.82) is 0 Å². The van der Waals surface area contributed by atoms with Gasteiger partial charge in [-0.15, -0.1) is 11.3 Å². The van der Waals surface area contributed by atoms with Gasteiger partial charge in [-0.25, -0.2) is 4.98 Å². The summed E-state index contributed by atoms with van der Waals surface area (Å²) in [6.45, 7) is 4.98. The third-order valence-electron chi connectivity index (χ3n) is 3.53. The minimum Gasteiger partial charge on any atom is -0.330 e. The van der Waals surface area contributed by atoms with Gasteiger partial charge in [-0.05, 0) is 31.7 Å². The van der Waals surface area contributed by atoms with Gasteiger partial charge in [0.25, 0.3) is 0 Å². The predicted octanol–water partition coefficient (Wildman–Crippen LogP) is 1.71. The Kier molecular flexibility index (Phi) is 3.95. The highest BCUT2D eigenvalue weighted by Gasteiger charge is 2.34. The van der Waals surface area contributed by atoms with E-state index in [0.717, 1.165) is 31.7 Å². The van der Waals surface area contributed by atoms with Crippen LogP contribution in [0.25, 0.3) is 0 Å². The lowest BCUT2D eigenvalue weighted by Crippen LogP contribution is -2.45. The second-order valence-corrected chi connectivity index (χ2v) is 5.81. The molecule has 0 atom stereocenters. The molecule has 1 aromatic rings. The Morgan fingerprint density at radius 2 is 2.38 bits per heavy atom. The summed E-state index contributed by atoms with van der Waals surface area (Å²) in [6.07, 6.45) is 4.99. The number of nitrogens with one attached hydrogen (secondary N) is 1. The van der Waals surface area contributed by atoms with Crippen LogP contribution in [0, 0.1) is 12.3 Å². The molecule has 1 heterocycles. The maximum Gasteiger partial charge on any atom is 0.0940 e. The van der Waals surface area contributed by atoms with Crippen LogP contribution in [0.4, 0.5) is 0 Å². The van der Waals surface area contributed by atoms with Crippen LogP contribution in [-0.2, 0) is 6.42 Å². The van der Waals surface area contributed by atoms with Crippen LogP contribution in [0.3, 0.4) is 0 Å². The zero-order chi connectivity index (χ0) is 11.4. The number of nitrogens with two attached hydrogens (primary N) is 1. The minimum absolute atomic E-state index is 0.415. The Hall–Kier alpha value is -0.450. The van der Waals surface area contributed by atoms with Gasteiger partial charge in [0.15, 0.2) is 0 Å². The Morgan fingerprint density at radius 3 is 2.88 bits per heavy atom. The first-order valence-corrected chi connectivity index (χ1v) is 6.94. The van der Waals surface area contributed by atoms with E-state index in [1.807, 2.05) is 6.92 Å². The molecule has 2 rings (SSSR count). The van der Waals surface area contributed by atoms with Gasteiger partial charge in [0, 0.05) is 30.6 Å². The highest BCUT2D eigenvalue weighted by atomic mass is 32.1. The van der Waals surface area contributed by atoms with Crippen LogP contribution in [0.1, 0.15) is 30.0 Å². The molecule has 0 aromatic carbocycles. The quantitative estimate of drug-likeness (QED) is 0.743. The van der Waals surface area contributed by atoms with Crippen molar-refractivity contribution in [2.45, 2.75) is 32.6 Å². The van der Waals surface area contributed by atoms with E-state index in [4.69, 9.17) is 5.73 Å². The first-order valence-electron chi connectivity index (χ1n) is 6.06. The Balaban J connectivity index is 1.65. The molecular weight excluding hydrogens is 218 g/mol. The first-order chi connectivity index (χ1) is 7.74. The average molecular weight is 239 g/mol. The van der Waals surface area contributed by atoms with Crippen LogP contribution in [0.5, 0.6) is 0 Å². The van der Waals surface area contributed by atoms with Crippen molar-refractivity contribution in [3.05, 3.63) is 16.1 Å². The number of aryl methyl sites for hydroxylation is 1. The summed E-state index contributed by atoms with van der Waals surface area (Å²) < 4.78 is 0. The lowest BCUT2D eigenvalue weighted by atomic mass is 9.69. The van der Waals surface area contributed by atoms with Crippen molar-refractivity contribution < 1.29 is 0 Å². The van der Waals surface area contributed by atoms with Gasteiger partial charge < -0.3 is 11.1 Å². The van der Waals surface area contributed by atoms with E-state index >= 15 is 0 Å². The number of aromatic nitrogens is 1. The monoisotopic (exact) mass is 239 g/mol. The smallest absolute Gasteiger partial charge is 0.0940 e. The molecule has 0 amide bonds. The van der Waals surface area contributed by atoms with Crippen molar-refractivity contribution in [3.63, 3.8) is 0 Å². The average Bonchev–Trinajstić information content (AvgIpc) is 2.62. The fraction of sp³-hybridized carbons (Fsp3) is 0.750. The van der Waals surface area contributed by atoms with E-state index < -0.39 is 0 Å². The molecule has 1 aliphatic carbocycles. The van der Waals surface area contributed by atoms with Gasteiger partial charge in [0.2, 0.25) is 0 Å². The van der Waals surface area contributed by atoms with E-state index in [1.54, 1.807) is 11.3 Å². The largest absolute Gasteiger partial charge is 0.330 e. The van der Waals surface area contributed by atoms with E-state index in [2.05, 4.69) is 15.7 Å². The molecule has 0 spiro atoms. The van der Waals surface area contributed by atoms with Crippen LogP contribution >= 0.6 is 11.3 Å². The van der Waals surface area contributed by atoms with Crippen molar-refractivity contribution in [2.24, 2.45) is 11.1 Å². The summed E-state index contributed by atoms with van der Waals surface area (Å²) >= 11 is 1.76. The van der Waals surface area contributed by atoms with Gasteiger partial charge in [-0.2, -0.15) is 0 Å². The van der Waals surface area contributed by atoms with E-state index in [-0.39, 0.29) is 0 Å². The van der Waals surface area contributed by atoms with Crippen LogP contribution < -0.4 is 11.1 Å². The van der Waals surface area contributed by atoms with Gasteiger partial charge >= 0.3 is 0 Å². The van der Waals surface area contributed by atoms with Crippen LogP contribution in [0.15, 0.2) is 5.38 Å². The summed E-state index contributed by atoms with van der Waals surface area (Å²) in [4.78, 5) is 4.45. The normalized spacial score (nSPS) is 18.4. The first kappa shape index (κ1) is 12.0. The number of thiazole rings is 1. The van der Waals surface area contributed by atoms with E-state index in [0.29, 0.717) is 5.41 Å². The van der Waals surface area contributed by atoms with E-state index in [9.17, 15) is 0 Å². The maximum absolute atomic E-state index is 5.82. The highest BCUT2D eigenvalue weighted by molar-refractivity contribution is 7.09.